The van der Waals surface area contributed by atoms with Gasteiger partial charge in [0, 0.05) is 23.7 Å². The van der Waals surface area contributed by atoms with Crippen LogP contribution in [0.25, 0.3) is 21.8 Å². The second-order valence-corrected chi connectivity index (χ2v) is 10.6. The summed E-state index contributed by atoms with van der Waals surface area (Å²) in [5.74, 6) is 0. The first kappa shape index (κ1) is 24.7. The molecule has 172 valence electrons. The van der Waals surface area contributed by atoms with Crippen LogP contribution < -0.4 is 5.32 Å². The molecule has 6 nitrogen and oxygen atoms in total. The molecule has 3 aromatic rings. The molecule has 0 bridgehead atoms. The van der Waals surface area contributed by atoms with Gasteiger partial charge in [0.15, 0.2) is 0 Å². The molecule has 0 aliphatic heterocycles. The zero-order valence-electron chi connectivity index (χ0n) is 18.5. The number of thiazole rings is 1. The van der Waals surface area contributed by atoms with Crippen molar-refractivity contribution < 1.29 is 14.4 Å². The smallest absolute Gasteiger partial charge is 0.324 e. The minimum absolute atomic E-state index is 0.106. The van der Waals surface area contributed by atoms with Crippen LogP contribution in [0.4, 0.5) is 0 Å². The number of rotatable bonds is 13. The predicted octanol–water partition coefficient (Wildman–Crippen LogP) is 5.65. The van der Waals surface area contributed by atoms with Crippen molar-refractivity contribution in [1.82, 2.24) is 15.3 Å². The number of unbranched alkanes of at least 4 members (excludes halogenated alkanes) is 3. The zero-order chi connectivity index (χ0) is 22.8. The highest BCUT2D eigenvalue weighted by Crippen LogP contribution is 2.34. The second-order valence-electron chi connectivity index (χ2n) is 7.96. The Morgan fingerprint density at radius 3 is 2.53 bits per heavy atom. The average molecular weight is 474 g/mol. The second kappa shape index (κ2) is 12.4. The number of pyridine rings is 1. The molecule has 0 spiro atoms. The quantitative estimate of drug-likeness (QED) is 0.219. The van der Waals surface area contributed by atoms with Gasteiger partial charge in [-0.2, -0.15) is 0 Å². The topological polar surface area (TPSA) is 95.3 Å². The van der Waals surface area contributed by atoms with Crippen LogP contribution in [0.2, 0.25) is 0 Å². The fourth-order valence-corrected chi connectivity index (χ4v) is 4.78. The van der Waals surface area contributed by atoms with Gasteiger partial charge in [-0.15, -0.1) is 11.3 Å². The summed E-state index contributed by atoms with van der Waals surface area (Å²) in [6.45, 7) is 3.30. The van der Waals surface area contributed by atoms with E-state index in [1.165, 1.54) is 31.2 Å². The van der Waals surface area contributed by atoms with Crippen LogP contribution in [0.5, 0.6) is 0 Å². The van der Waals surface area contributed by atoms with E-state index in [1.807, 2.05) is 11.4 Å². The standard InChI is InChI=1S/C24H32N3O3PS/c1-2-3-4-5-7-19-8-10-20(11-9-19)22-13-12-21(18-25-14-6-16-31(28,29)30)27-23(22)24-26-15-17-32-24/h8-13,15,17,25H,2-7,14,16,18H2,1H3,(H2,28,29,30). The van der Waals surface area contributed by atoms with E-state index < -0.39 is 7.60 Å². The van der Waals surface area contributed by atoms with E-state index in [4.69, 9.17) is 14.8 Å². The molecule has 0 radical (unpaired) electrons. The van der Waals surface area contributed by atoms with E-state index in [0.29, 0.717) is 19.5 Å². The van der Waals surface area contributed by atoms with Gasteiger partial charge in [0.05, 0.1) is 11.9 Å². The third-order valence-electron chi connectivity index (χ3n) is 5.28. The van der Waals surface area contributed by atoms with Crippen molar-refractivity contribution in [2.75, 3.05) is 12.7 Å². The minimum atomic E-state index is -3.94. The van der Waals surface area contributed by atoms with Crippen molar-refractivity contribution in [3.8, 4) is 21.8 Å². The van der Waals surface area contributed by atoms with Crippen molar-refractivity contribution in [1.29, 1.82) is 0 Å². The van der Waals surface area contributed by atoms with Crippen LogP contribution in [0, 0.1) is 0 Å². The number of nitrogens with zero attached hydrogens (tertiary/aromatic N) is 2. The number of benzene rings is 1. The van der Waals surface area contributed by atoms with Gasteiger partial charge in [0.25, 0.3) is 0 Å². The Kier molecular flexibility index (Phi) is 9.57. The molecule has 32 heavy (non-hydrogen) atoms. The highest BCUT2D eigenvalue weighted by atomic mass is 32.1. The van der Waals surface area contributed by atoms with E-state index in [-0.39, 0.29) is 6.16 Å². The molecule has 0 aliphatic rings. The summed E-state index contributed by atoms with van der Waals surface area (Å²) in [6, 6.07) is 12.9. The molecule has 2 aromatic heterocycles. The van der Waals surface area contributed by atoms with Crippen molar-refractivity contribution >= 4 is 18.9 Å². The predicted molar refractivity (Wildman–Crippen MR) is 132 cm³/mol. The van der Waals surface area contributed by atoms with Crippen LogP contribution >= 0.6 is 18.9 Å². The maximum atomic E-state index is 11.0. The average Bonchev–Trinajstić information content (AvgIpc) is 3.31. The van der Waals surface area contributed by atoms with Gasteiger partial charge < -0.3 is 15.1 Å². The molecule has 8 heteroatoms. The monoisotopic (exact) mass is 473 g/mol. The van der Waals surface area contributed by atoms with Gasteiger partial charge in [-0.05, 0) is 43.0 Å². The van der Waals surface area contributed by atoms with E-state index in [9.17, 15) is 4.57 Å². The molecule has 0 saturated heterocycles. The SMILES string of the molecule is CCCCCCc1ccc(-c2ccc(CNCCCP(=O)(O)O)nc2-c2nccs2)cc1. The lowest BCUT2D eigenvalue weighted by Crippen LogP contribution is -2.16. The van der Waals surface area contributed by atoms with Crippen molar-refractivity contribution in [3.63, 3.8) is 0 Å². The highest BCUT2D eigenvalue weighted by Gasteiger charge is 2.14. The lowest BCUT2D eigenvalue weighted by Gasteiger charge is -2.11. The van der Waals surface area contributed by atoms with Gasteiger partial charge in [0.1, 0.15) is 10.7 Å². The van der Waals surface area contributed by atoms with Crippen LogP contribution in [0.3, 0.4) is 0 Å². The van der Waals surface area contributed by atoms with Gasteiger partial charge in [-0.1, -0.05) is 56.5 Å². The maximum Gasteiger partial charge on any atom is 0.325 e. The van der Waals surface area contributed by atoms with Crippen LogP contribution in [-0.2, 0) is 17.5 Å². The summed E-state index contributed by atoms with van der Waals surface area (Å²) >= 11 is 1.57. The largest absolute Gasteiger partial charge is 0.325 e. The van der Waals surface area contributed by atoms with Crippen molar-refractivity contribution in [3.05, 3.63) is 59.2 Å². The first-order valence-electron chi connectivity index (χ1n) is 11.2. The van der Waals surface area contributed by atoms with Crippen LogP contribution in [-0.4, -0.2) is 32.5 Å². The van der Waals surface area contributed by atoms with E-state index in [2.05, 4.69) is 47.6 Å². The minimum Gasteiger partial charge on any atom is -0.324 e. The van der Waals surface area contributed by atoms with Crippen molar-refractivity contribution in [2.24, 2.45) is 0 Å². The first-order chi connectivity index (χ1) is 15.5. The molecule has 0 amide bonds. The first-order valence-corrected chi connectivity index (χ1v) is 13.9. The lowest BCUT2D eigenvalue weighted by molar-refractivity contribution is 0.371. The molecule has 3 rings (SSSR count). The van der Waals surface area contributed by atoms with Crippen LogP contribution in [0.15, 0.2) is 48.0 Å². The molecule has 0 unspecified atom stereocenters. The Morgan fingerprint density at radius 1 is 1.03 bits per heavy atom. The number of hydrogen-bond acceptors (Lipinski definition) is 5. The highest BCUT2D eigenvalue weighted by molar-refractivity contribution is 7.51. The van der Waals surface area contributed by atoms with Crippen LogP contribution in [0.1, 0.15) is 50.3 Å². The number of aromatic nitrogens is 2. The number of hydrogen-bond donors (Lipinski definition) is 3. The summed E-state index contributed by atoms with van der Waals surface area (Å²) < 4.78 is 11.0. The zero-order valence-corrected chi connectivity index (χ0v) is 20.2. The molecular weight excluding hydrogens is 441 g/mol. The fourth-order valence-electron chi connectivity index (χ4n) is 3.57. The lowest BCUT2D eigenvalue weighted by atomic mass is 9.99. The molecule has 0 saturated carbocycles. The van der Waals surface area contributed by atoms with E-state index in [1.54, 1.807) is 17.5 Å². The molecule has 0 fully saturated rings. The summed E-state index contributed by atoms with van der Waals surface area (Å²) in [6.07, 6.45) is 8.29. The molecule has 2 heterocycles. The normalized spacial score (nSPS) is 11.7. The molecule has 0 atom stereocenters. The molecule has 3 N–H and O–H groups in total. The van der Waals surface area contributed by atoms with Gasteiger partial charge in [-0.3, -0.25) is 4.57 Å². The van der Waals surface area contributed by atoms with Gasteiger partial charge in [0.2, 0.25) is 0 Å². The van der Waals surface area contributed by atoms with Crippen molar-refractivity contribution in [2.45, 2.75) is 52.0 Å². The Morgan fingerprint density at radius 2 is 1.84 bits per heavy atom. The van der Waals surface area contributed by atoms with E-state index >= 15 is 0 Å². The maximum absolute atomic E-state index is 11.0. The Bertz CT molecular complexity index is 1000. The third-order valence-corrected chi connectivity index (χ3v) is 6.96. The summed E-state index contributed by atoms with van der Waals surface area (Å²) in [5.41, 5.74) is 5.29. The summed E-state index contributed by atoms with van der Waals surface area (Å²) in [5, 5.41) is 6.05. The number of aryl methyl sites for hydroxylation is 1. The van der Waals surface area contributed by atoms with E-state index in [0.717, 1.165) is 33.9 Å². The molecule has 1 aromatic carbocycles. The Hall–Kier alpha value is -1.89. The van der Waals surface area contributed by atoms with Gasteiger partial charge in [-0.25, -0.2) is 9.97 Å². The fraction of sp³-hybridized carbons (Fsp3) is 0.417. The summed E-state index contributed by atoms with van der Waals surface area (Å²) in [7, 11) is -3.94. The summed E-state index contributed by atoms with van der Waals surface area (Å²) in [4.78, 5) is 27.3. The molecular formula is C24H32N3O3PS. The number of nitrogens with one attached hydrogen (secondary N) is 1. The Balaban J connectivity index is 1.70. The van der Waals surface area contributed by atoms with Gasteiger partial charge >= 0.3 is 7.60 Å². The third kappa shape index (κ3) is 7.91. The molecule has 0 aliphatic carbocycles. The Labute approximate surface area is 194 Å².